The fourth-order valence-electron chi connectivity index (χ4n) is 1.26. The van der Waals surface area contributed by atoms with Crippen molar-refractivity contribution in [3.8, 4) is 11.5 Å². The predicted molar refractivity (Wildman–Crippen MR) is 69.9 cm³/mol. The quantitative estimate of drug-likeness (QED) is 0.752. The molecule has 0 bridgehead atoms. The standard InChI is InChI=1S/C13H20N2O3/c1-13(2,15(3)4)8-14-12(18)10-6-5-9(16)7-11(10)17/h5-7,16-17H,8H2,1-4H3,(H,14,18). The molecule has 0 heterocycles. The Morgan fingerprint density at radius 3 is 2.44 bits per heavy atom. The first-order valence-corrected chi connectivity index (χ1v) is 5.71. The van der Waals surface area contributed by atoms with Gasteiger partial charge in [-0.3, -0.25) is 4.79 Å². The number of carbonyl (C=O) groups is 1. The molecule has 18 heavy (non-hydrogen) atoms. The van der Waals surface area contributed by atoms with Gasteiger partial charge in [-0.25, -0.2) is 0 Å². The summed E-state index contributed by atoms with van der Waals surface area (Å²) in [5.41, 5.74) is -0.0234. The molecule has 1 rings (SSSR count). The molecule has 0 aliphatic rings. The van der Waals surface area contributed by atoms with E-state index in [1.54, 1.807) is 0 Å². The molecular formula is C13H20N2O3. The van der Waals surface area contributed by atoms with Gasteiger partial charge >= 0.3 is 0 Å². The third-order valence-electron chi connectivity index (χ3n) is 3.12. The molecule has 0 aromatic heterocycles. The topological polar surface area (TPSA) is 72.8 Å². The molecule has 0 radical (unpaired) electrons. The molecule has 0 aliphatic heterocycles. The van der Waals surface area contributed by atoms with E-state index in [2.05, 4.69) is 5.32 Å². The maximum absolute atomic E-state index is 11.9. The Bertz CT molecular complexity index is 442. The third-order valence-corrected chi connectivity index (χ3v) is 3.12. The molecular weight excluding hydrogens is 232 g/mol. The van der Waals surface area contributed by atoms with Gasteiger partial charge in [-0.05, 0) is 40.1 Å². The van der Waals surface area contributed by atoms with Gasteiger partial charge in [0.2, 0.25) is 0 Å². The van der Waals surface area contributed by atoms with E-state index in [-0.39, 0.29) is 28.5 Å². The summed E-state index contributed by atoms with van der Waals surface area (Å²) in [6.45, 7) is 4.47. The molecule has 5 heteroatoms. The first-order chi connectivity index (χ1) is 8.24. The second-order valence-corrected chi connectivity index (χ2v) is 5.09. The molecule has 0 aliphatic carbocycles. The Morgan fingerprint density at radius 1 is 1.33 bits per heavy atom. The summed E-state index contributed by atoms with van der Waals surface area (Å²) < 4.78 is 0. The van der Waals surface area contributed by atoms with Gasteiger partial charge in [0.25, 0.3) is 5.91 Å². The van der Waals surface area contributed by atoms with Crippen LogP contribution >= 0.6 is 0 Å². The number of rotatable bonds is 4. The van der Waals surface area contributed by atoms with Gasteiger partial charge in [-0.1, -0.05) is 0 Å². The highest BCUT2D eigenvalue weighted by molar-refractivity contribution is 5.97. The summed E-state index contributed by atoms with van der Waals surface area (Å²) in [5, 5.41) is 21.5. The van der Waals surface area contributed by atoms with E-state index in [1.165, 1.54) is 12.1 Å². The van der Waals surface area contributed by atoms with Gasteiger partial charge in [0.15, 0.2) is 0 Å². The lowest BCUT2D eigenvalue weighted by Gasteiger charge is -2.32. The molecule has 0 fully saturated rings. The monoisotopic (exact) mass is 252 g/mol. The average Bonchev–Trinajstić information content (AvgIpc) is 2.25. The van der Waals surface area contributed by atoms with Crippen LogP contribution in [0.3, 0.4) is 0 Å². The number of phenols is 2. The number of carbonyl (C=O) groups excluding carboxylic acids is 1. The average molecular weight is 252 g/mol. The summed E-state index contributed by atoms with van der Waals surface area (Å²) in [6.07, 6.45) is 0. The Hall–Kier alpha value is -1.75. The van der Waals surface area contributed by atoms with Crippen molar-refractivity contribution in [1.29, 1.82) is 0 Å². The highest BCUT2D eigenvalue weighted by Gasteiger charge is 2.22. The lowest BCUT2D eigenvalue weighted by atomic mass is 10.0. The van der Waals surface area contributed by atoms with Crippen LogP contribution in [0.5, 0.6) is 11.5 Å². The van der Waals surface area contributed by atoms with Crippen molar-refractivity contribution in [3.05, 3.63) is 23.8 Å². The van der Waals surface area contributed by atoms with Crippen LogP contribution in [-0.4, -0.2) is 47.2 Å². The molecule has 0 saturated heterocycles. The molecule has 0 unspecified atom stereocenters. The smallest absolute Gasteiger partial charge is 0.255 e. The van der Waals surface area contributed by atoms with E-state index in [1.807, 2.05) is 32.8 Å². The fourth-order valence-corrected chi connectivity index (χ4v) is 1.26. The van der Waals surface area contributed by atoms with Crippen LogP contribution in [-0.2, 0) is 0 Å². The van der Waals surface area contributed by atoms with Crippen LogP contribution in [0.4, 0.5) is 0 Å². The van der Waals surface area contributed by atoms with Gasteiger partial charge in [0, 0.05) is 18.2 Å². The van der Waals surface area contributed by atoms with Gasteiger partial charge < -0.3 is 20.4 Å². The molecule has 1 aromatic carbocycles. The number of nitrogens with zero attached hydrogens (tertiary/aromatic N) is 1. The van der Waals surface area contributed by atoms with E-state index < -0.39 is 0 Å². The van der Waals surface area contributed by atoms with Gasteiger partial charge in [-0.2, -0.15) is 0 Å². The van der Waals surface area contributed by atoms with Crippen molar-refractivity contribution >= 4 is 5.91 Å². The zero-order valence-corrected chi connectivity index (χ0v) is 11.2. The summed E-state index contributed by atoms with van der Waals surface area (Å²) in [7, 11) is 3.87. The Kier molecular flexibility index (Phi) is 4.19. The first kappa shape index (κ1) is 14.3. The number of hydrogen-bond acceptors (Lipinski definition) is 4. The van der Waals surface area contributed by atoms with Crippen molar-refractivity contribution in [1.82, 2.24) is 10.2 Å². The number of nitrogens with one attached hydrogen (secondary N) is 1. The van der Waals surface area contributed by atoms with Crippen molar-refractivity contribution in [2.24, 2.45) is 0 Å². The van der Waals surface area contributed by atoms with Crippen LogP contribution in [0.15, 0.2) is 18.2 Å². The number of amides is 1. The Balaban J connectivity index is 2.72. The second kappa shape index (κ2) is 5.27. The Morgan fingerprint density at radius 2 is 1.94 bits per heavy atom. The van der Waals surface area contributed by atoms with Crippen molar-refractivity contribution in [2.45, 2.75) is 19.4 Å². The molecule has 0 atom stereocenters. The number of phenolic OH excluding ortho intramolecular Hbond substituents is 2. The summed E-state index contributed by atoms with van der Waals surface area (Å²) in [6, 6.07) is 3.90. The minimum absolute atomic E-state index is 0.0716. The highest BCUT2D eigenvalue weighted by atomic mass is 16.3. The highest BCUT2D eigenvalue weighted by Crippen LogP contribution is 2.22. The summed E-state index contributed by atoms with van der Waals surface area (Å²) >= 11 is 0. The molecule has 5 nitrogen and oxygen atoms in total. The normalized spacial score (nSPS) is 11.6. The van der Waals surface area contributed by atoms with Crippen LogP contribution in [0.25, 0.3) is 0 Å². The number of aromatic hydroxyl groups is 2. The van der Waals surface area contributed by atoms with Crippen LogP contribution < -0.4 is 5.32 Å². The van der Waals surface area contributed by atoms with Gasteiger partial charge in [-0.15, -0.1) is 0 Å². The van der Waals surface area contributed by atoms with Crippen LogP contribution in [0.2, 0.25) is 0 Å². The van der Waals surface area contributed by atoms with Crippen LogP contribution in [0.1, 0.15) is 24.2 Å². The van der Waals surface area contributed by atoms with Crippen molar-refractivity contribution in [2.75, 3.05) is 20.6 Å². The molecule has 3 N–H and O–H groups in total. The van der Waals surface area contributed by atoms with Gasteiger partial charge in [0.05, 0.1) is 5.56 Å². The summed E-state index contributed by atoms with van der Waals surface area (Å²) in [5.74, 6) is -0.657. The Labute approximate surface area is 107 Å². The second-order valence-electron chi connectivity index (χ2n) is 5.09. The first-order valence-electron chi connectivity index (χ1n) is 5.71. The minimum atomic E-state index is -0.359. The van der Waals surface area contributed by atoms with Crippen LogP contribution in [0, 0.1) is 0 Å². The molecule has 100 valence electrons. The number of likely N-dealkylation sites (N-methyl/N-ethyl adjacent to an activating group) is 1. The molecule has 1 amide bonds. The van der Waals surface area contributed by atoms with Crippen molar-refractivity contribution < 1.29 is 15.0 Å². The zero-order chi connectivity index (χ0) is 13.9. The van der Waals surface area contributed by atoms with E-state index >= 15 is 0 Å². The SMILES string of the molecule is CN(C)C(C)(C)CNC(=O)c1ccc(O)cc1O. The largest absolute Gasteiger partial charge is 0.508 e. The zero-order valence-electron chi connectivity index (χ0n) is 11.2. The maximum Gasteiger partial charge on any atom is 0.255 e. The number of hydrogen-bond donors (Lipinski definition) is 3. The van der Waals surface area contributed by atoms with Gasteiger partial charge in [0.1, 0.15) is 11.5 Å². The maximum atomic E-state index is 11.9. The minimum Gasteiger partial charge on any atom is -0.508 e. The van der Waals surface area contributed by atoms with E-state index in [0.29, 0.717) is 6.54 Å². The third kappa shape index (κ3) is 3.37. The van der Waals surface area contributed by atoms with Crippen molar-refractivity contribution in [3.63, 3.8) is 0 Å². The fraction of sp³-hybridized carbons (Fsp3) is 0.462. The molecule has 0 saturated carbocycles. The van der Waals surface area contributed by atoms with E-state index in [0.717, 1.165) is 6.07 Å². The number of benzene rings is 1. The molecule has 1 aromatic rings. The van der Waals surface area contributed by atoms with E-state index in [9.17, 15) is 9.90 Å². The lowest BCUT2D eigenvalue weighted by molar-refractivity contribution is 0.0917. The lowest BCUT2D eigenvalue weighted by Crippen LogP contribution is -2.48. The van der Waals surface area contributed by atoms with E-state index in [4.69, 9.17) is 5.11 Å². The predicted octanol–water partition coefficient (Wildman–Crippen LogP) is 1.17. The summed E-state index contributed by atoms with van der Waals surface area (Å²) in [4.78, 5) is 13.9. The molecule has 0 spiro atoms.